The lowest BCUT2D eigenvalue weighted by Gasteiger charge is -2.27. The van der Waals surface area contributed by atoms with Gasteiger partial charge in [-0.05, 0) is 0 Å². The van der Waals surface area contributed by atoms with Gasteiger partial charge in [0.25, 0.3) is 0 Å². The van der Waals surface area contributed by atoms with Gasteiger partial charge in [-0.15, -0.1) is 0 Å². The van der Waals surface area contributed by atoms with Crippen LogP contribution in [0.15, 0.2) is 30.5 Å². The first-order valence-electron chi connectivity index (χ1n) is 6.52. The highest BCUT2D eigenvalue weighted by Crippen LogP contribution is 2.29. The molecule has 0 spiro atoms. The topological polar surface area (TPSA) is 106 Å². The number of aromatic hydroxyl groups is 1. The Kier molecular flexibility index (Phi) is 3.53. The number of aromatic nitrogens is 1. The van der Waals surface area contributed by atoms with Gasteiger partial charge < -0.3 is 9.84 Å². The Hall–Kier alpha value is -3.23. The first-order valence-corrected chi connectivity index (χ1v) is 6.52. The van der Waals surface area contributed by atoms with Crippen molar-refractivity contribution < 1.29 is 24.0 Å². The molecule has 2 heterocycles. The highest BCUT2D eigenvalue weighted by atomic mass is 19.1. The molecular weight excluding hydrogens is 309 g/mol. The van der Waals surface area contributed by atoms with Crippen molar-refractivity contribution in [3.05, 3.63) is 57.7 Å². The van der Waals surface area contributed by atoms with Crippen LogP contribution in [0.25, 0.3) is 0 Å². The Bertz CT molecular complexity index is 811. The molecule has 1 aliphatic rings. The van der Waals surface area contributed by atoms with Crippen LogP contribution >= 0.6 is 0 Å². The van der Waals surface area contributed by atoms with Crippen LogP contribution in [0.2, 0.25) is 0 Å². The van der Waals surface area contributed by atoms with Crippen molar-refractivity contribution in [3.8, 4) is 11.5 Å². The number of nitrogens with zero attached hydrogens (tertiary/aromatic N) is 3. The zero-order valence-electron chi connectivity index (χ0n) is 11.6. The molecule has 1 aromatic carbocycles. The molecule has 0 saturated heterocycles. The van der Waals surface area contributed by atoms with Crippen LogP contribution in [0.4, 0.5) is 14.9 Å². The third kappa shape index (κ3) is 2.76. The van der Waals surface area contributed by atoms with Gasteiger partial charge in [-0.2, -0.15) is 4.39 Å². The molecule has 118 valence electrons. The lowest BCUT2D eigenvalue weighted by atomic mass is 10.1. The number of carbonyl (C=O) groups excluding carboxylic acids is 1. The van der Waals surface area contributed by atoms with Crippen molar-refractivity contribution in [1.82, 2.24) is 9.88 Å². The summed E-state index contributed by atoms with van der Waals surface area (Å²) in [5, 5.41) is 20.1. The molecule has 23 heavy (non-hydrogen) atoms. The van der Waals surface area contributed by atoms with Gasteiger partial charge >= 0.3 is 11.8 Å². The molecule has 0 fully saturated rings. The van der Waals surface area contributed by atoms with Crippen molar-refractivity contribution in [2.75, 3.05) is 0 Å². The summed E-state index contributed by atoms with van der Waals surface area (Å²) in [5.74, 6) is -1.00. The molecule has 1 aliphatic heterocycles. The first-order chi connectivity index (χ1) is 11.0. The number of nitro groups is 1. The average molecular weight is 319 g/mol. The van der Waals surface area contributed by atoms with E-state index in [0.29, 0.717) is 5.69 Å². The summed E-state index contributed by atoms with van der Waals surface area (Å²) in [6.07, 6.45) is 0.445. The maximum Gasteiger partial charge on any atom is 0.415 e. The van der Waals surface area contributed by atoms with E-state index in [2.05, 4.69) is 4.98 Å². The van der Waals surface area contributed by atoms with E-state index in [1.54, 1.807) is 0 Å². The van der Waals surface area contributed by atoms with E-state index in [0.717, 1.165) is 11.0 Å². The second kappa shape index (κ2) is 5.52. The Morgan fingerprint density at radius 1 is 1.48 bits per heavy atom. The quantitative estimate of drug-likeness (QED) is 0.687. The van der Waals surface area contributed by atoms with E-state index < -0.39 is 22.5 Å². The molecule has 0 aliphatic carbocycles. The van der Waals surface area contributed by atoms with Crippen LogP contribution in [0.1, 0.15) is 11.3 Å². The van der Waals surface area contributed by atoms with E-state index in [-0.39, 0.29) is 30.2 Å². The summed E-state index contributed by atoms with van der Waals surface area (Å²) in [4.78, 5) is 27.0. The monoisotopic (exact) mass is 319 g/mol. The number of hydrogen-bond donors (Lipinski definition) is 1. The summed E-state index contributed by atoms with van der Waals surface area (Å²) in [6.45, 7) is -0.162. The maximum absolute atomic E-state index is 14.1. The van der Waals surface area contributed by atoms with Crippen molar-refractivity contribution in [3.63, 3.8) is 0 Å². The predicted molar refractivity (Wildman–Crippen MR) is 74.2 cm³/mol. The van der Waals surface area contributed by atoms with Crippen LogP contribution in [0.3, 0.4) is 0 Å². The Labute approximate surface area is 128 Å². The van der Waals surface area contributed by atoms with Crippen molar-refractivity contribution in [2.45, 2.75) is 13.1 Å². The van der Waals surface area contributed by atoms with Crippen LogP contribution in [-0.4, -0.2) is 26.0 Å². The number of rotatable bonds is 3. The molecule has 0 saturated carbocycles. The minimum absolute atomic E-state index is 0.00150. The summed E-state index contributed by atoms with van der Waals surface area (Å²) in [5.41, 5.74) is -0.261. The second-order valence-electron chi connectivity index (χ2n) is 4.87. The van der Waals surface area contributed by atoms with E-state index >= 15 is 0 Å². The Morgan fingerprint density at radius 2 is 2.26 bits per heavy atom. The van der Waals surface area contributed by atoms with Crippen molar-refractivity contribution in [2.24, 2.45) is 0 Å². The molecule has 1 amide bonds. The fraction of sp³-hybridized carbons (Fsp3) is 0.143. The fourth-order valence-electron chi connectivity index (χ4n) is 2.23. The number of halogens is 1. The Balaban J connectivity index is 1.87. The normalized spacial score (nSPS) is 13.4. The zero-order valence-corrected chi connectivity index (χ0v) is 11.6. The largest absolute Gasteiger partial charge is 0.506 e. The highest BCUT2D eigenvalue weighted by Gasteiger charge is 2.28. The molecule has 0 radical (unpaired) electrons. The molecule has 0 unspecified atom stereocenters. The molecule has 9 heteroatoms. The lowest BCUT2D eigenvalue weighted by molar-refractivity contribution is -0.387. The number of amides is 1. The molecule has 0 bridgehead atoms. The van der Waals surface area contributed by atoms with E-state index in [1.165, 1.54) is 24.4 Å². The van der Waals surface area contributed by atoms with Gasteiger partial charge in [0.1, 0.15) is 11.4 Å². The van der Waals surface area contributed by atoms with Gasteiger partial charge in [0, 0.05) is 17.7 Å². The van der Waals surface area contributed by atoms with Crippen LogP contribution in [-0.2, 0) is 13.1 Å². The SMILES string of the molecule is O=C1Oc2cc(O)cnc2CN1Cc1cccc([N+](=O)[O-])c1F. The standard InChI is InChI=1S/C14H10FN3O5/c15-13-8(2-1-3-11(13)18(21)22)6-17-7-10-12(23-14(17)20)4-9(19)5-16-10/h1-5,19H,6-7H2. The fourth-order valence-corrected chi connectivity index (χ4v) is 2.23. The number of carbonyl (C=O) groups is 1. The minimum Gasteiger partial charge on any atom is -0.506 e. The van der Waals surface area contributed by atoms with Crippen molar-refractivity contribution in [1.29, 1.82) is 0 Å². The molecular formula is C14H10FN3O5. The van der Waals surface area contributed by atoms with E-state index in [4.69, 9.17) is 4.74 Å². The van der Waals surface area contributed by atoms with E-state index in [1.807, 2.05) is 0 Å². The van der Waals surface area contributed by atoms with Gasteiger partial charge in [-0.3, -0.25) is 20.0 Å². The number of fused-ring (bicyclic) bond motifs is 1. The summed E-state index contributed by atoms with van der Waals surface area (Å²) < 4.78 is 19.1. The van der Waals surface area contributed by atoms with Crippen LogP contribution < -0.4 is 4.74 Å². The van der Waals surface area contributed by atoms with Gasteiger partial charge in [-0.1, -0.05) is 12.1 Å². The highest BCUT2D eigenvalue weighted by molar-refractivity contribution is 5.73. The molecule has 2 aromatic rings. The molecule has 0 atom stereocenters. The molecule has 1 aromatic heterocycles. The lowest BCUT2D eigenvalue weighted by Crippen LogP contribution is -2.37. The van der Waals surface area contributed by atoms with Gasteiger partial charge in [-0.25, -0.2) is 4.79 Å². The molecule has 3 rings (SSSR count). The summed E-state index contributed by atoms with van der Waals surface area (Å²) in [6, 6.07) is 5.00. The van der Waals surface area contributed by atoms with E-state index in [9.17, 15) is 24.4 Å². The summed E-state index contributed by atoms with van der Waals surface area (Å²) in [7, 11) is 0. The number of pyridine rings is 1. The van der Waals surface area contributed by atoms with Gasteiger partial charge in [0.05, 0.1) is 24.2 Å². The zero-order chi connectivity index (χ0) is 16.6. The third-order valence-electron chi connectivity index (χ3n) is 3.33. The number of ether oxygens (including phenoxy) is 1. The molecule has 8 nitrogen and oxygen atoms in total. The van der Waals surface area contributed by atoms with Gasteiger partial charge in [0.2, 0.25) is 5.82 Å². The minimum atomic E-state index is -0.991. The van der Waals surface area contributed by atoms with Gasteiger partial charge in [0.15, 0.2) is 5.75 Å². The maximum atomic E-state index is 14.1. The number of nitro benzene ring substituents is 1. The van der Waals surface area contributed by atoms with Crippen molar-refractivity contribution >= 4 is 11.8 Å². The first kappa shape index (κ1) is 14.7. The second-order valence-corrected chi connectivity index (χ2v) is 4.87. The van der Waals surface area contributed by atoms with Crippen LogP contribution in [0.5, 0.6) is 11.5 Å². The number of benzene rings is 1. The van der Waals surface area contributed by atoms with Crippen LogP contribution in [0, 0.1) is 15.9 Å². The molecule has 1 N–H and O–H groups in total. The smallest absolute Gasteiger partial charge is 0.415 e. The third-order valence-corrected chi connectivity index (χ3v) is 3.33. The predicted octanol–water partition coefficient (Wildman–Crippen LogP) is 2.35. The average Bonchev–Trinajstić information content (AvgIpc) is 2.50. The summed E-state index contributed by atoms with van der Waals surface area (Å²) >= 11 is 0. The number of hydrogen-bond acceptors (Lipinski definition) is 6. The Morgan fingerprint density at radius 3 is 3.00 bits per heavy atom.